The summed E-state index contributed by atoms with van der Waals surface area (Å²) in [6, 6.07) is 5.61. The van der Waals surface area contributed by atoms with Gasteiger partial charge >= 0.3 is 0 Å². The van der Waals surface area contributed by atoms with Gasteiger partial charge in [0.2, 0.25) is 0 Å². The lowest BCUT2D eigenvalue weighted by Gasteiger charge is -2.04. The van der Waals surface area contributed by atoms with Crippen molar-refractivity contribution in [3.05, 3.63) is 28.8 Å². The van der Waals surface area contributed by atoms with Gasteiger partial charge < -0.3 is 5.32 Å². The fourth-order valence-electron chi connectivity index (χ4n) is 1.67. The summed E-state index contributed by atoms with van der Waals surface area (Å²) in [5, 5.41) is 3.87. The van der Waals surface area contributed by atoms with E-state index in [4.69, 9.17) is 11.6 Å². The van der Waals surface area contributed by atoms with Gasteiger partial charge in [-0.25, -0.2) is 0 Å². The Morgan fingerprint density at radius 3 is 3.08 bits per heavy atom. The number of nitrogens with one attached hydrogen (secondary N) is 1. The Kier molecular flexibility index (Phi) is 2.00. The average molecular weight is 196 g/mol. The Morgan fingerprint density at radius 2 is 2.38 bits per heavy atom. The molecule has 0 amide bonds. The summed E-state index contributed by atoms with van der Waals surface area (Å²) < 4.78 is 0. The molecule has 0 aromatic heterocycles. The van der Waals surface area contributed by atoms with Crippen molar-refractivity contribution in [1.29, 1.82) is 0 Å². The van der Waals surface area contributed by atoms with E-state index in [9.17, 15) is 4.79 Å². The highest BCUT2D eigenvalue weighted by Gasteiger charge is 2.25. The number of benzene rings is 1. The van der Waals surface area contributed by atoms with Crippen molar-refractivity contribution < 1.29 is 4.79 Å². The van der Waals surface area contributed by atoms with Gasteiger partial charge in [0, 0.05) is 17.3 Å². The highest BCUT2D eigenvalue weighted by molar-refractivity contribution is 6.30. The van der Waals surface area contributed by atoms with Crippen LogP contribution in [-0.2, 0) is 4.79 Å². The lowest BCUT2D eigenvalue weighted by atomic mass is 9.98. The largest absolute Gasteiger partial charge is 0.384 e. The van der Waals surface area contributed by atoms with Crippen LogP contribution >= 0.6 is 11.6 Å². The minimum Gasteiger partial charge on any atom is -0.384 e. The number of anilines is 1. The Labute approximate surface area is 81.9 Å². The van der Waals surface area contributed by atoms with Crippen LogP contribution in [0, 0.1) is 0 Å². The van der Waals surface area contributed by atoms with E-state index in [1.807, 2.05) is 18.2 Å². The average Bonchev–Trinajstić information content (AvgIpc) is 2.46. The van der Waals surface area contributed by atoms with E-state index in [0.29, 0.717) is 11.6 Å². The normalized spacial score (nSPS) is 19.4. The van der Waals surface area contributed by atoms with Crippen LogP contribution in [-0.4, -0.2) is 12.3 Å². The van der Waals surface area contributed by atoms with E-state index < -0.39 is 0 Å². The second kappa shape index (κ2) is 3.04. The topological polar surface area (TPSA) is 29.1 Å². The van der Waals surface area contributed by atoms with Crippen LogP contribution in [0.25, 0.3) is 0 Å². The maximum absolute atomic E-state index is 11.2. The molecule has 0 saturated heterocycles. The molecule has 1 atom stereocenters. The number of halogens is 1. The molecule has 0 bridgehead atoms. The minimum atomic E-state index is -0.0197. The van der Waals surface area contributed by atoms with E-state index in [1.54, 1.807) is 6.92 Å². The second-order valence-corrected chi connectivity index (χ2v) is 3.71. The summed E-state index contributed by atoms with van der Waals surface area (Å²) >= 11 is 5.85. The van der Waals surface area contributed by atoms with Gasteiger partial charge in [-0.1, -0.05) is 11.6 Å². The molecule has 0 radical (unpaired) electrons. The van der Waals surface area contributed by atoms with Crippen LogP contribution in [0.5, 0.6) is 0 Å². The molecule has 0 fully saturated rings. The summed E-state index contributed by atoms with van der Waals surface area (Å²) in [7, 11) is 0. The van der Waals surface area contributed by atoms with Crippen LogP contribution < -0.4 is 5.32 Å². The molecule has 0 aliphatic carbocycles. The van der Waals surface area contributed by atoms with Crippen molar-refractivity contribution in [3.8, 4) is 0 Å². The van der Waals surface area contributed by atoms with Crippen LogP contribution in [0.2, 0.25) is 5.02 Å². The van der Waals surface area contributed by atoms with Gasteiger partial charge in [-0.05, 0) is 30.7 Å². The van der Waals surface area contributed by atoms with E-state index in [2.05, 4.69) is 5.32 Å². The highest BCUT2D eigenvalue weighted by atomic mass is 35.5. The molecule has 1 aromatic rings. The van der Waals surface area contributed by atoms with Gasteiger partial charge in [0.15, 0.2) is 0 Å². The summed E-state index contributed by atoms with van der Waals surface area (Å²) in [5.74, 6) is 0.169. The van der Waals surface area contributed by atoms with Crippen LogP contribution in [0.15, 0.2) is 18.2 Å². The molecule has 2 rings (SSSR count). The first kappa shape index (κ1) is 8.57. The first-order valence-corrected chi connectivity index (χ1v) is 4.60. The first-order valence-electron chi connectivity index (χ1n) is 4.22. The zero-order chi connectivity index (χ0) is 9.42. The summed E-state index contributed by atoms with van der Waals surface area (Å²) in [6.45, 7) is 2.31. The molecular weight excluding hydrogens is 186 g/mol. The van der Waals surface area contributed by atoms with Crippen LogP contribution in [0.3, 0.4) is 0 Å². The molecule has 1 N–H and O–H groups in total. The standard InChI is InChI=1S/C10H10ClNO/c1-6(13)9-5-12-10-3-2-7(11)4-8(9)10/h2-4,9,12H,5H2,1H3. The molecule has 1 aliphatic heterocycles. The molecular formula is C10H10ClNO. The number of rotatable bonds is 1. The van der Waals surface area contributed by atoms with Gasteiger partial charge in [0.25, 0.3) is 0 Å². The third kappa shape index (κ3) is 1.42. The lowest BCUT2D eigenvalue weighted by Crippen LogP contribution is -2.10. The number of Topliss-reactive ketones (excluding diaryl/α,β-unsaturated/α-hetero) is 1. The fourth-order valence-corrected chi connectivity index (χ4v) is 1.85. The maximum atomic E-state index is 11.2. The van der Waals surface area contributed by atoms with E-state index in [0.717, 1.165) is 11.3 Å². The molecule has 3 heteroatoms. The monoisotopic (exact) mass is 195 g/mol. The molecule has 0 spiro atoms. The maximum Gasteiger partial charge on any atom is 0.139 e. The Bertz CT molecular complexity index is 362. The quantitative estimate of drug-likeness (QED) is 0.746. The third-order valence-corrected chi connectivity index (χ3v) is 2.61. The molecule has 1 aliphatic rings. The molecule has 1 unspecified atom stereocenters. The lowest BCUT2D eigenvalue weighted by molar-refractivity contribution is -0.118. The summed E-state index contributed by atoms with van der Waals surface area (Å²) in [5.41, 5.74) is 2.06. The fraction of sp³-hybridized carbons (Fsp3) is 0.300. The van der Waals surface area contributed by atoms with Gasteiger partial charge in [-0.2, -0.15) is 0 Å². The number of fused-ring (bicyclic) bond motifs is 1. The van der Waals surface area contributed by atoms with Gasteiger partial charge in [-0.3, -0.25) is 4.79 Å². The van der Waals surface area contributed by atoms with Crippen LogP contribution in [0.1, 0.15) is 18.4 Å². The minimum absolute atomic E-state index is 0.0197. The zero-order valence-electron chi connectivity index (χ0n) is 7.30. The van der Waals surface area contributed by atoms with Crippen molar-refractivity contribution >= 4 is 23.1 Å². The highest BCUT2D eigenvalue weighted by Crippen LogP contribution is 2.33. The summed E-state index contributed by atoms with van der Waals surface area (Å²) in [6.07, 6.45) is 0. The van der Waals surface area contributed by atoms with Crippen molar-refractivity contribution in [2.24, 2.45) is 0 Å². The number of carbonyl (C=O) groups is 1. The van der Waals surface area contributed by atoms with Crippen molar-refractivity contribution in [2.75, 3.05) is 11.9 Å². The van der Waals surface area contributed by atoms with Crippen molar-refractivity contribution in [1.82, 2.24) is 0 Å². The molecule has 1 heterocycles. The molecule has 2 nitrogen and oxygen atoms in total. The predicted molar refractivity (Wildman–Crippen MR) is 53.4 cm³/mol. The molecule has 13 heavy (non-hydrogen) atoms. The van der Waals surface area contributed by atoms with Crippen LogP contribution in [0.4, 0.5) is 5.69 Å². The smallest absolute Gasteiger partial charge is 0.139 e. The van der Waals surface area contributed by atoms with E-state index >= 15 is 0 Å². The molecule has 68 valence electrons. The third-order valence-electron chi connectivity index (χ3n) is 2.38. The number of hydrogen-bond acceptors (Lipinski definition) is 2. The second-order valence-electron chi connectivity index (χ2n) is 3.28. The number of hydrogen-bond donors (Lipinski definition) is 1. The number of carbonyl (C=O) groups excluding carboxylic acids is 1. The SMILES string of the molecule is CC(=O)C1CNc2ccc(Cl)cc21. The van der Waals surface area contributed by atoms with Gasteiger partial charge in [0.1, 0.15) is 5.78 Å². The zero-order valence-corrected chi connectivity index (χ0v) is 8.06. The Morgan fingerprint density at radius 1 is 1.62 bits per heavy atom. The van der Waals surface area contributed by atoms with Gasteiger partial charge in [0.05, 0.1) is 5.92 Å². The molecule has 1 aromatic carbocycles. The van der Waals surface area contributed by atoms with Crippen molar-refractivity contribution in [3.63, 3.8) is 0 Å². The summed E-state index contributed by atoms with van der Waals surface area (Å²) in [4.78, 5) is 11.2. The molecule has 0 saturated carbocycles. The van der Waals surface area contributed by atoms with Gasteiger partial charge in [-0.15, -0.1) is 0 Å². The Balaban J connectivity index is 2.46. The first-order chi connectivity index (χ1) is 6.18. The predicted octanol–water partition coefficient (Wildman–Crippen LogP) is 2.44. The van der Waals surface area contributed by atoms with E-state index in [-0.39, 0.29) is 11.7 Å². The number of ketones is 1. The van der Waals surface area contributed by atoms with E-state index in [1.165, 1.54) is 0 Å². The van der Waals surface area contributed by atoms with Crippen molar-refractivity contribution in [2.45, 2.75) is 12.8 Å². The Hall–Kier alpha value is -1.02.